The van der Waals surface area contributed by atoms with Gasteiger partial charge >= 0.3 is 5.97 Å². The molecule has 142 valence electrons. The molecule has 0 spiro atoms. The number of carboxylic acid groups (broad SMARTS) is 1. The van der Waals surface area contributed by atoms with Crippen molar-refractivity contribution in [2.75, 3.05) is 18.0 Å². The minimum atomic E-state index is -3.77. The summed E-state index contributed by atoms with van der Waals surface area (Å²) >= 11 is 0. The van der Waals surface area contributed by atoms with E-state index in [1.54, 1.807) is 17.0 Å². The SMILES string of the molecule is CCC1C(C(=O)O)CCN1S(=O)(=O)c1ccc2c(c1)CCCN2C(C)=O. The van der Waals surface area contributed by atoms with Crippen LogP contribution in [-0.2, 0) is 26.0 Å². The van der Waals surface area contributed by atoms with Crippen molar-refractivity contribution >= 4 is 27.6 Å². The van der Waals surface area contributed by atoms with Crippen LogP contribution in [0.25, 0.3) is 0 Å². The molecule has 2 unspecified atom stereocenters. The number of carboxylic acids is 1. The van der Waals surface area contributed by atoms with Crippen molar-refractivity contribution in [3.63, 3.8) is 0 Å². The van der Waals surface area contributed by atoms with E-state index in [-0.39, 0.29) is 17.3 Å². The molecule has 26 heavy (non-hydrogen) atoms. The molecule has 1 fully saturated rings. The van der Waals surface area contributed by atoms with E-state index in [0.717, 1.165) is 24.1 Å². The van der Waals surface area contributed by atoms with E-state index in [9.17, 15) is 23.1 Å². The number of nitrogens with zero attached hydrogens (tertiary/aromatic N) is 2. The Kier molecular flexibility index (Phi) is 5.07. The lowest BCUT2D eigenvalue weighted by Gasteiger charge is -2.30. The Morgan fingerprint density at radius 3 is 2.62 bits per heavy atom. The zero-order valence-corrected chi connectivity index (χ0v) is 15.8. The maximum absolute atomic E-state index is 13.1. The van der Waals surface area contributed by atoms with Gasteiger partial charge in [0.15, 0.2) is 0 Å². The van der Waals surface area contributed by atoms with E-state index >= 15 is 0 Å². The normalized spacial score (nSPS) is 23.7. The van der Waals surface area contributed by atoms with Crippen molar-refractivity contribution in [1.82, 2.24) is 4.31 Å². The summed E-state index contributed by atoms with van der Waals surface area (Å²) < 4.78 is 27.6. The first-order valence-corrected chi connectivity index (χ1v) is 10.4. The molecule has 0 bridgehead atoms. The Bertz CT molecular complexity index is 836. The van der Waals surface area contributed by atoms with Crippen LogP contribution in [0.2, 0.25) is 0 Å². The molecule has 0 radical (unpaired) electrons. The molecular formula is C18H24N2O5S. The van der Waals surface area contributed by atoms with Gasteiger partial charge < -0.3 is 10.0 Å². The smallest absolute Gasteiger partial charge is 0.308 e. The zero-order valence-electron chi connectivity index (χ0n) is 15.0. The minimum Gasteiger partial charge on any atom is -0.481 e. The molecule has 8 heteroatoms. The summed E-state index contributed by atoms with van der Waals surface area (Å²) in [5, 5.41) is 9.35. The predicted molar refractivity (Wildman–Crippen MR) is 96.5 cm³/mol. The molecule has 1 N–H and O–H groups in total. The third-order valence-corrected chi connectivity index (χ3v) is 7.31. The number of hydrogen-bond donors (Lipinski definition) is 1. The van der Waals surface area contributed by atoms with Gasteiger partial charge in [-0.1, -0.05) is 6.92 Å². The number of benzene rings is 1. The maximum Gasteiger partial charge on any atom is 0.308 e. The number of carbonyl (C=O) groups excluding carboxylic acids is 1. The molecule has 1 saturated heterocycles. The Balaban J connectivity index is 1.96. The largest absolute Gasteiger partial charge is 0.481 e. The van der Waals surface area contributed by atoms with Crippen molar-refractivity contribution in [2.24, 2.45) is 5.92 Å². The summed E-state index contributed by atoms with van der Waals surface area (Å²) in [7, 11) is -3.77. The molecule has 1 amide bonds. The number of fused-ring (bicyclic) bond motifs is 1. The number of aliphatic carboxylic acids is 1. The summed E-state index contributed by atoms with van der Waals surface area (Å²) in [6.07, 6.45) is 2.30. The van der Waals surface area contributed by atoms with Crippen molar-refractivity contribution < 1.29 is 23.1 Å². The highest BCUT2D eigenvalue weighted by Crippen LogP contribution is 2.35. The Morgan fingerprint density at radius 1 is 1.27 bits per heavy atom. The van der Waals surface area contributed by atoms with Crippen LogP contribution in [-0.4, -0.2) is 48.8 Å². The highest BCUT2D eigenvalue weighted by molar-refractivity contribution is 7.89. The van der Waals surface area contributed by atoms with Gasteiger partial charge in [-0.15, -0.1) is 0 Å². The van der Waals surface area contributed by atoms with E-state index in [2.05, 4.69) is 0 Å². The number of amides is 1. The van der Waals surface area contributed by atoms with Crippen LogP contribution in [0.3, 0.4) is 0 Å². The molecule has 0 aliphatic carbocycles. The Labute approximate surface area is 153 Å². The molecule has 1 aromatic carbocycles. The lowest BCUT2D eigenvalue weighted by Crippen LogP contribution is -2.39. The standard InChI is InChI=1S/C18H24N2O5S/c1-3-16-15(18(22)23)8-10-20(16)26(24,25)14-6-7-17-13(11-14)5-4-9-19(17)12(2)21/h6-7,11,15-16H,3-5,8-10H2,1-2H3,(H,22,23). The molecule has 2 aliphatic heterocycles. The Hall–Kier alpha value is -1.93. The molecule has 3 rings (SSSR count). The molecule has 0 aromatic heterocycles. The van der Waals surface area contributed by atoms with Gasteiger partial charge in [-0.3, -0.25) is 9.59 Å². The minimum absolute atomic E-state index is 0.0588. The lowest BCUT2D eigenvalue weighted by molar-refractivity contribution is -0.142. The average molecular weight is 380 g/mol. The summed E-state index contributed by atoms with van der Waals surface area (Å²) in [6, 6.07) is 4.33. The van der Waals surface area contributed by atoms with Crippen LogP contribution in [0.4, 0.5) is 5.69 Å². The first-order valence-electron chi connectivity index (χ1n) is 8.93. The second kappa shape index (κ2) is 7.00. The van der Waals surface area contributed by atoms with Crippen LogP contribution in [0.5, 0.6) is 0 Å². The quantitative estimate of drug-likeness (QED) is 0.860. The summed E-state index contributed by atoms with van der Waals surface area (Å²) in [5.74, 6) is -1.67. The molecule has 0 saturated carbocycles. The number of rotatable bonds is 4. The highest BCUT2D eigenvalue weighted by atomic mass is 32.2. The lowest BCUT2D eigenvalue weighted by atomic mass is 9.99. The number of sulfonamides is 1. The van der Waals surface area contributed by atoms with Gasteiger partial charge in [-0.2, -0.15) is 4.31 Å². The van der Waals surface area contributed by atoms with E-state index in [0.29, 0.717) is 19.4 Å². The van der Waals surface area contributed by atoms with Crippen molar-refractivity contribution in [2.45, 2.75) is 50.5 Å². The fourth-order valence-corrected chi connectivity index (χ4v) is 5.90. The van der Waals surface area contributed by atoms with Gasteiger partial charge in [-0.05, 0) is 49.4 Å². The van der Waals surface area contributed by atoms with Gasteiger partial charge in [0.2, 0.25) is 15.9 Å². The Morgan fingerprint density at radius 2 is 2.00 bits per heavy atom. The monoisotopic (exact) mass is 380 g/mol. The van der Waals surface area contributed by atoms with Gasteiger partial charge in [0.05, 0.1) is 10.8 Å². The van der Waals surface area contributed by atoms with Crippen molar-refractivity contribution in [3.05, 3.63) is 23.8 Å². The molecule has 2 aliphatic rings. The first-order chi connectivity index (χ1) is 12.3. The van der Waals surface area contributed by atoms with Crippen LogP contribution in [0.1, 0.15) is 38.7 Å². The summed E-state index contributed by atoms with van der Waals surface area (Å²) in [5.41, 5.74) is 1.61. The molecule has 7 nitrogen and oxygen atoms in total. The van der Waals surface area contributed by atoms with Crippen molar-refractivity contribution in [1.29, 1.82) is 0 Å². The predicted octanol–water partition coefficient (Wildman–Crippen LogP) is 1.86. The van der Waals surface area contributed by atoms with E-state index in [1.807, 2.05) is 6.92 Å². The summed E-state index contributed by atoms with van der Waals surface area (Å²) in [6.45, 7) is 4.17. The molecule has 2 heterocycles. The van der Waals surface area contributed by atoms with Gasteiger partial charge in [0.25, 0.3) is 0 Å². The van der Waals surface area contributed by atoms with Gasteiger partial charge in [0, 0.05) is 31.7 Å². The fourth-order valence-electron chi connectivity index (χ4n) is 4.10. The molecule has 1 aromatic rings. The molecule has 2 atom stereocenters. The number of anilines is 1. The van der Waals surface area contributed by atoms with Gasteiger partial charge in [0.1, 0.15) is 0 Å². The second-order valence-corrected chi connectivity index (χ2v) is 8.78. The van der Waals surface area contributed by atoms with Crippen LogP contribution >= 0.6 is 0 Å². The highest BCUT2D eigenvalue weighted by Gasteiger charge is 2.44. The number of hydrogen-bond acceptors (Lipinski definition) is 4. The fraction of sp³-hybridized carbons (Fsp3) is 0.556. The molecular weight excluding hydrogens is 356 g/mol. The first kappa shape index (κ1) is 18.8. The number of carbonyl (C=O) groups is 2. The zero-order chi connectivity index (χ0) is 19.1. The van der Waals surface area contributed by atoms with E-state index < -0.39 is 28.0 Å². The van der Waals surface area contributed by atoms with Crippen LogP contribution < -0.4 is 4.90 Å². The maximum atomic E-state index is 13.1. The van der Waals surface area contributed by atoms with E-state index in [4.69, 9.17) is 0 Å². The average Bonchev–Trinajstić information content (AvgIpc) is 3.05. The van der Waals surface area contributed by atoms with E-state index in [1.165, 1.54) is 17.3 Å². The third-order valence-electron chi connectivity index (χ3n) is 5.39. The van der Waals surface area contributed by atoms with Crippen LogP contribution in [0, 0.1) is 5.92 Å². The van der Waals surface area contributed by atoms with Gasteiger partial charge in [-0.25, -0.2) is 8.42 Å². The topological polar surface area (TPSA) is 95.0 Å². The second-order valence-electron chi connectivity index (χ2n) is 6.89. The van der Waals surface area contributed by atoms with Crippen molar-refractivity contribution in [3.8, 4) is 0 Å². The number of aryl methyl sites for hydroxylation is 1. The summed E-state index contributed by atoms with van der Waals surface area (Å²) in [4.78, 5) is 25.0. The van der Waals surface area contributed by atoms with Crippen LogP contribution in [0.15, 0.2) is 23.1 Å². The third kappa shape index (κ3) is 3.12.